The van der Waals surface area contributed by atoms with Gasteiger partial charge in [0.15, 0.2) is 0 Å². The number of phenols is 2. The molecule has 2 aromatic carbocycles. The fourth-order valence-corrected chi connectivity index (χ4v) is 2.58. The van der Waals surface area contributed by atoms with Crippen molar-refractivity contribution in [2.75, 3.05) is 0 Å². The summed E-state index contributed by atoms with van der Waals surface area (Å²) in [5.74, 6) is 0.200. The fourth-order valence-electron chi connectivity index (χ4n) is 2.03. The standard InChI is InChI=1S/C15H10Cl2N2O2/c16-12-5-8(20)1-3-10(12)14-7-15(19-18-14)11-4-2-9(21)6-13(11)17/h1-7,20-21H,(H,18,19). The molecule has 0 atom stereocenters. The molecule has 0 spiro atoms. The molecule has 0 unspecified atom stereocenters. The van der Waals surface area contributed by atoms with Crippen LogP contribution in [0.15, 0.2) is 42.5 Å². The van der Waals surface area contributed by atoms with Crippen molar-refractivity contribution < 1.29 is 10.2 Å². The maximum Gasteiger partial charge on any atom is 0.117 e. The zero-order valence-corrected chi connectivity index (χ0v) is 12.2. The van der Waals surface area contributed by atoms with Gasteiger partial charge in [-0.1, -0.05) is 23.2 Å². The molecule has 3 rings (SSSR count). The van der Waals surface area contributed by atoms with E-state index in [2.05, 4.69) is 10.2 Å². The average molecular weight is 321 g/mol. The van der Waals surface area contributed by atoms with E-state index in [4.69, 9.17) is 23.2 Å². The van der Waals surface area contributed by atoms with Crippen LogP contribution < -0.4 is 0 Å². The number of H-pyrrole nitrogens is 1. The molecular formula is C15H10Cl2N2O2. The van der Waals surface area contributed by atoms with Crippen LogP contribution in [0.25, 0.3) is 22.5 Å². The highest BCUT2D eigenvalue weighted by molar-refractivity contribution is 6.34. The minimum Gasteiger partial charge on any atom is -0.508 e. The zero-order valence-electron chi connectivity index (χ0n) is 10.6. The Labute approximate surface area is 130 Å². The van der Waals surface area contributed by atoms with E-state index in [0.29, 0.717) is 27.0 Å². The van der Waals surface area contributed by atoms with Crippen LogP contribution >= 0.6 is 23.2 Å². The Morgan fingerprint density at radius 3 is 1.95 bits per heavy atom. The molecule has 0 aliphatic rings. The van der Waals surface area contributed by atoms with Crippen LogP contribution in [-0.4, -0.2) is 20.4 Å². The van der Waals surface area contributed by atoms with Crippen LogP contribution in [-0.2, 0) is 0 Å². The Hall–Kier alpha value is -2.17. The molecule has 0 saturated heterocycles. The molecule has 4 nitrogen and oxygen atoms in total. The van der Waals surface area contributed by atoms with Gasteiger partial charge in [0.1, 0.15) is 11.5 Å². The van der Waals surface area contributed by atoms with Gasteiger partial charge >= 0.3 is 0 Å². The van der Waals surface area contributed by atoms with E-state index in [0.717, 1.165) is 5.56 Å². The normalized spacial score (nSPS) is 10.8. The second-order valence-electron chi connectivity index (χ2n) is 4.50. The Bertz CT molecular complexity index is 749. The highest BCUT2D eigenvalue weighted by Gasteiger charge is 2.12. The van der Waals surface area contributed by atoms with Crippen LogP contribution in [0, 0.1) is 0 Å². The Morgan fingerprint density at radius 2 is 1.38 bits per heavy atom. The topological polar surface area (TPSA) is 69.1 Å². The lowest BCUT2D eigenvalue weighted by Gasteiger charge is -2.02. The van der Waals surface area contributed by atoms with Gasteiger partial charge in [-0.3, -0.25) is 5.10 Å². The number of aromatic amines is 1. The zero-order chi connectivity index (χ0) is 15.0. The third-order valence-corrected chi connectivity index (χ3v) is 3.67. The van der Waals surface area contributed by atoms with Crippen LogP contribution in [0.3, 0.4) is 0 Å². The predicted octanol–water partition coefficient (Wildman–Crippen LogP) is 4.46. The molecule has 3 N–H and O–H groups in total. The maximum absolute atomic E-state index is 9.38. The first-order valence-corrected chi connectivity index (χ1v) is 6.83. The molecule has 106 valence electrons. The van der Waals surface area contributed by atoms with Crippen molar-refractivity contribution in [1.29, 1.82) is 0 Å². The minimum atomic E-state index is 0.0982. The summed E-state index contributed by atoms with van der Waals surface area (Å²) in [6.07, 6.45) is 0. The Morgan fingerprint density at radius 1 is 0.810 bits per heavy atom. The molecule has 21 heavy (non-hydrogen) atoms. The lowest BCUT2D eigenvalue weighted by atomic mass is 10.1. The number of aromatic nitrogens is 2. The fraction of sp³-hybridized carbons (Fsp3) is 0. The average Bonchev–Trinajstić information content (AvgIpc) is 2.87. The molecule has 0 aliphatic heterocycles. The molecule has 0 saturated carbocycles. The summed E-state index contributed by atoms with van der Waals surface area (Å²) >= 11 is 12.2. The van der Waals surface area contributed by atoms with E-state index in [1.165, 1.54) is 12.1 Å². The minimum absolute atomic E-state index is 0.0982. The molecule has 0 aliphatic carbocycles. The first-order chi connectivity index (χ1) is 10.0. The van der Waals surface area contributed by atoms with Crippen molar-refractivity contribution >= 4 is 23.2 Å². The van der Waals surface area contributed by atoms with Crippen molar-refractivity contribution in [3.05, 3.63) is 52.5 Å². The van der Waals surface area contributed by atoms with Crippen molar-refractivity contribution in [3.63, 3.8) is 0 Å². The largest absolute Gasteiger partial charge is 0.508 e. The third kappa shape index (κ3) is 2.68. The maximum atomic E-state index is 9.38. The number of benzene rings is 2. The van der Waals surface area contributed by atoms with Crippen LogP contribution in [0.2, 0.25) is 10.0 Å². The van der Waals surface area contributed by atoms with E-state index in [1.54, 1.807) is 30.3 Å². The molecule has 0 radical (unpaired) electrons. The quantitative estimate of drug-likeness (QED) is 0.652. The second kappa shape index (κ2) is 5.31. The lowest BCUT2D eigenvalue weighted by Crippen LogP contribution is -1.79. The van der Waals surface area contributed by atoms with Crippen molar-refractivity contribution in [3.8, 4) is 34.0 Å². The van der Waals surface area contributed by atoms with Gasteiger partial charge in [0.05, 0.1) is 21.4 Å². The summed E-state index contributed by atoms with van der Waals surface area (Å²) in [6.45, 7) is 0. The van der Waals surface area contributed by atoms with Gasteiger partial charge in [-0.05, 0) is 42.5 Å². The van der Waals surface area contributed by atoms with E-state index < -0.39 is 0 Å². The van der Waals surface area contributed by atoms with Crippen LogP contribution in [0.5, 0.6) is 11.5 Å². The Kier molecular flexibility index (Phi) is 3.49. The summed E-state index contributed by atoms with van der Waals surface area (Å²) in [4.78, 5) is 0. The highest BCUT2D eigenvalue weighted by atomic mass is 35.5. The smallest absolute Gasteiger partial charge is 0.117 e. The Balaban J connectivity index is 2.03. The molecule has 1 aromatic heterocycles. The van der Waals surface area contributed by atoms with Crippen LogP contribution in [0.4, 0.5) is 0 Å². The first-order valence-electron chi connectivity index (χ1n) is 6.08. The molecule has 0 bridgehead atoms. The number of nitrogens with zero attached hydrogens (tertiary/aromatic N) is 1. The van der Waals surface area contributed by atoms with Gasteiger partial charge in [-0.15, -0.1) is 0 Å². The summed E-state index contributed by atoms with van der Waals surface area (Å²) in [5, 5.41) is 26.7. The third-order valence-electron chi connectivity index (χ3n) is 3.05. The van der Waals surface area contributed by atoms with Crippen LogP contribution in [0.1, 0.15) is 0 Å². The highest BCUT2D eigenvalue weighted by Crippen LogP contribution is 2.34. The number of hydrogen-bond donors (Lipinski definition) is 3. The van der Waals surface area contributed by atoms with E-state index in [9.17, 15) is 10.2 Å². The number of nitrogens with one attached hydrogen (secondary N) is 1. The van der Waals surface area contributed by atoms with Gasteiger partial charge in [0.25, 0.3) is 0 Å². The number of hydrogen-bond acceptors (Lipinski definition) is 3. The van der Waals surface area contributed by atoms with Crippen molar-refractivity contribution in [1.82, 2.24) is 10.2 Å². The lowest BCUT2D eigenvalue weighted by molar-refractivity contribution is 0.475. The van der Waals surface area contributed by atoms with E-state index in [1.807, 2.05) is 0 Å². The predicted molar refractivity (Wildman–Crippen MR) is 82.8 cm³/mol. The summed E-state index contributed by atoms with van der Waals surface area (Å²) in [6, 6.07) is 11.2. The summed E-state index contributed by atoms with van der Waals surface area (Å²) in [7, 11) is 0. The molecule has 1 heterocycles. The molecule has 0 amide bonds. The number of aromatic hydroxyl groups is 2. The van der Waals surface area contributed by atoms with E-state index >= 15 is 0 Å². The number of halogens is 2. The van der Waals surface area contributed by atoms with E-state index in [-0.39, 0.29) is 11.5 Å². The van der Waals surface area contributed by atoms with Gasteiger partial charge in [0, 0.05) is 11.1 Å². The van der Waals surface area contributed by atoms with Crippen molar-refractivity contribution in [2.24, 2.45) is 0 Å². The summed E-state index contributed by atoms with van der Waals surface area (Å²) < 4.78 is 0. The molecular weight excluding hydrogens is 311 g/mol. The second-order valence-corrected chi connectivity index (χ2v) is 5.31. The SMILES string of the molecule is Oc1ccc(-c2cc(-c3ccc(O)cc3Cl)[nH]n2)c(Cl)c1. The molecule has 0 fully saturated rings. The van der Waals surface area contributed by atoms with Gasteiger partial charge in [-0.2, -0.15) is 5.10 Å². The number of rotatable bonds is 2. The molecule has 6 heteroatoms. The van der Waals surface area contributed by atoms with Gasteiger partial charge in [-0.25, -0.2) is 0 Å². The van der Waals surface area contributed by atoms with Crippen molar-refractivity contribution in [2.45, 2.75) is 0 Å². The van der Waals surface area contributed by atoms with Gasteiger partial charge in [0.2, 0.25) is 0 Å². The van der Waals surface area contributed by atoms with Gasteiger partial charge < -0.3 is 10.2 Å². The molecule has 3 aromatic rings. The first kappa shape index (κ1) is 13.8. The summed E-state index contributed by atoms with van der Waals surface area (Å²) in [5.41, 5.74) is 2.77. The monoisotopic (exact) mass is 320 g/mol. The number of phenolic OH excluding ortho intramolecular Hbond substituents is 2.